The predicted molar refractivity (Wildman–Crippen MR) is 109 cm³/mol. The fourth-order valence-corrected chi connectivity index (χ4v) is 4.65. The second kappa shape index (κ2) is 9.28. The van der Waals surface area contributed by atoms with Crippen LogP contribution in [-0.4, -0.2) is 46.5 Å². The molecule has 0 spiro atoms. The van der Waals surface area contributed by atoms with Crippen LogP contribution in [0.1, 0.15) is 30.9 Å². The molecule has 29 heavy (non-hydrogen) atoms. The summed E-state index contributed by atoms with van der Waals surface area (Å²) < 4.78 is 37.8. The fraction of sp³-hybridized carbons (Fsp3) is 0.381. The highest BCUT2D eigenvalue weighted by atomic mass is 32.2. The van der Waals surface area contributed by atoms with Gasteiger partial charge in [0, 0.05) is 31.1 Å². The molecule has 0 bridgehead atoms. The Labute approximate surface area is 171 Å². The second-order valence-corrected chi connectivity index (χ2v) is 8.58. The average Bonchev–Trinajstić information content (AvgIpc) is 3.23. The Hall–Kier alpha value is -2.58. The van der Waals surface area contributed by atoms with Crippen molar-refractivity contribution in [2.24, 2.45) is 0 Å². The number of carbonyl (C=O) groups is 1. The lowest BCUT2D eigenvalue weighted by atomic mass is 10.0. The molecule has 1 fully saturated rings. The van der Waals surface area contributed by atoms with Gasteiger partial charge in [-0.25, -0.2) is 13.1 Å². The van der Waals surface area contributed by atoms with Crippen molar-refractivity contribution in [3.8, 4) is 11.5 Å². The zero-order valence-electron chi connectivity index (χ0n) is 16.6. The van der Waals surface area contributed by atoms with Crippen molar-refractivity contribution in [1.29, 1.82) is 0 Å². The summed E-state index contributed by atoms with van der Waals surface area (Å²) in [6, 6.07) is 13.6. The highest BCUT2D eigenvalue weighted by Crippen LogP contribution is 2.38. The summed E-state index contributed by atoms with van der Waals surface area (Å²) in [5.41, 5.74) is 0.934. The Balaban J connectivity index is 1.65. The molecule has 0 aromatic heterocycles. The van der Waals surface area contributed by atoms with Crippen LogP contribution in [0.4, 0.5) is 0 Å². The van der Waals surface area contributed by atoms with Crippen LogP contribution in [-0.2, 0) is 14.8 Å². The molecule has 1 N–H and O–H groups in total. The van der Waals surface area contributed by atoms with E-state index >= 15 is 0 Å². The first-order chi connectivity index (χ1) is 14.0. The lowest BCUT2D eigenvalue weighted by Gasteiger charge is -2.26. The molecule has 0 aliphatic carbocycles. The fourth-order valence-electron chi connectivity index (χ4n) is 3.60. The third-order valence-electron chi connectivity index (χ3n) is 5.06. The molecule has 0 saturated carbocycles. The van der Waals surface area contributed by atoms with Crippen LogP contribution in [0.5, 0.6) is 11.5 Å². The number of likely N-dealkylation sites (tertiary alicyclic amines) is 1. The van der Waals surface area contributed by atoms with Crippen LogP contribution >= 0.6 is 0 Å². The van der Waals surface area contributed by atoms with Gasteiger partial charge in [-0.15, -0.1) is 0 Å². The van der Waals surface area contributed by atoms with Crippen LogP contribution in [0.25, 0.3) is 0 Å². The number of nitrogens with one attached hydrogen (secondary N) is 1. The Bertz CT molecular complexity index is 947. The van der Waals surface area contributed by atoms with Crippen molar-refractivity contribution >= 4 is 15.9 Å². The summed E-state index contributed by atoms with van der Waals surface area (Å²) in [6.45, 7) is 0.698. The molecule has 0 radical (unpaired) electrons. The van der Waals surface area contributed by atoms with E-state index in [2.05, 4.69) is 4.72 Å². The van der Waals surface area contributed by atoms with E-state index in [0.717, 1.165) is 18.4 Å². The van der Waals surface area contributed by atoms with E-state index in [1.54, 1.807) is 37.3 Å². The maximum atomic E-state index is 12.8. The Kier molecular flexibility index (Phi) is 6.76. The maximum absolute atomic E-state index is 12.8. The Morgan fingerprint density at radius 1 is 1.14 bits per heavy atom. The van der Waals surface area contributed by atoms with Gasteiger partial charge in [0.1, 0.15) is 11.5 Å². The number of hydrogen-bond donors (Lipinski definition) is 1. The molecule has 1 amide bonds. The molecule has 3 rings (SSSR count). The highest BCUT2D eigenvalue weighted by molar-refractivity contribution is 7.89. The molecule has 1 heterocycles. The molecule has 8 heteroatoms. The summed E-state index contributed by atoms with van der Waals surface area (Å²) >= 11 is 0. The van der Waals surface area contributed by atoms with Crippen LogP contribution in [0.15, 0.2) is 53.4 Å². The summed E-state index contributed by atoms with van der Waals surface area (Å²) in [7, 11) is -0.430. The number of ether oxygens (including phenoxy) is 2. The topological polar surface area (TPSA) is 84.9 Å². The highest BCUT2D eigenvalue weighted by Gasteiger charge is 2.31. The first-order valence-electron chi connectivity index (χ1n) is 9.52. The van der Waals surface area contributed by atoms with Crippen molar-refractivity contribution in [2.45, 2.75) is 30.2 Å². The van der Waals surface area contributed by atoms with Crippen molar-refractivity contribution in [1.82, 2.24) is 9.62 Å². The van der Waals surface area contributed by atoms with E-state index in [0.29, 0.717) is 18.0 Å². The summed E-state index contributed by atoms with van der Waals surface area (Å²) in [6.07, 6.45) is 1.83. The largest absolute Gasteiger partial charge is 0.497 e. The number of methoxy groups -OCH3 is 2. The van der Waals surface area contributed by atoms with Gasteiger partial charge in [0.15, 0.2) is 0 Å². The number of benzene rings is 2. The number of amides is 1. The van der Waals surface area contributed by atoms with Crippen molar-refractivity contribution < 1.29 is 22.7 Å². The van der Waals surface area contributed by atoms with Crippen molar-refractivity contribution in [2.75, 3.05) is 27.3 Å². The number of hydrogen-bond acceptors (Lipinski definition) is 5. The first-order valence-corrected chi connectivity index (χ1v) is 11.0. The maximum Gasteiger partial charge on any atom is 0.240 e. The van der Waals surface area contributed by atoms with Crippen molar-refractivity contribution in [3.63, 3.8) is 0 Å². The van der Waals surface area contributed by atoms with E-state index in [1.165, 1.54) is 12.1 Å². The monoisotopic (exact) mass is 418 g/mol. The first kappa shape index (κ1) is 21.1. The van der Waals surface area contributed by atoms with Crippen LogP contribution < -0.4 is 14.2 Å². The molecule has 1 aliphatic heterocycles. The van der Waals surface area contributed by atoms with Crippen LogP contribution in [0.2, 0.25) is 0 Å². The van der Waals surface area contributed by atoms with Gasteiger partial charge in [0.05, 0.1) is 25.2 Å². The van der Waals surface area contributed by atoms with E-state index in [1.807, 2.05) is 18.2 Å². The molecule has 1 unspecified atom stereocenters. The second-order valence-electron chi connectivity index (χ2n) is 6.81. The molecule has 1 aliphatic rings. The van der Waals surface area contributed by atoms with E-state index < -0.39 is 10.0 Å². The summed E-state index contributed by atoms with van der Waals surface area (Å²) in [5.74, 6) is 1.29. The average molecular weight is 419 g/mol. The molecule has 156 valence electrons. The van der Waals surface area contributed by atoms with E-state index in [-0.39, 0.29) is 29.8 Å². The van der Waals surface area contributed by atoms with E-state index in [4.69, 9.17) is 9.47 Å². The van der Waals surface area contributed by atoms with Crippen LogP contribution in [0, 0.1) is 0 Å². The number of rotatable bonds is 8. The SMILES string of the molecule is COc1ccc(C2CCCN2C(=O)CCNS(=O)(=O)c2ccccc2)c(OC)c1. The molecular weight excluding hydrogens is 392 g/mol. The molecule has 1 atom stereocenters. The number of nitrogens with zero attached hydrogens (tertiary/aromatic N) is 1. The minimum atomic E-state index is -3.62. The molecule has 2 aromatic rings. The summed E-state index contributed by atoms with van der Waals surface area (Å²) in [4.78, 5) is 14.8. The predicted octanol–water partition coefficient (Wildman–Crippen LogP) is 2.74. The van der Waals surface area contributed by atoms with Gasteiger partial charge >= 0.3 is 0 Å². The standard InChI is InChI=1S/C21H26N2O5S/c1-27-16-10-11-18(20(15-16)28-2)19-9-6-14-23(19)21(24)12-13-22-29(25,26)17-7-4-3-5-8-17/h3-5,7-8,10-11,15,19,22H,6,9,12-14H2,1-2H3. The van der Waals surface area contributed by atoms with Gasteiger partial charge in [-0.1, -0.05) is 18.2 Å². The number of sulfonamides is 1. The Morgan fingerprint density at radius 3 is 2.59 bits per heavy atom. The lowest BCUT2D eigenvalue weighted by molar-refractivity contribution is -0.132. The minimum absolute atomic E-state index is 0.0546. The van der Waals surface area contributed by atoms with Gasteiger partial charge in [0.25, 0.3) is 0 Å². The molecular formula is C21H26N2O5S. The third-order valence-corrected chi connectivity index (χ3v) is 6.53. The van der Waals surface area contributed by atoms with Gasteiger partial charge in [0.2, 0.25) is 15.9 Å². The smallest absolute Gasteiger partial charge is 0.240 e. The van der Waals surface area contributed by atoms with Gasteiger partial charge < -0.3 is 14.4 Å². The van der Waals surface area contributed by atoms with Gasteiger partial charge in [-0.2, -0.15) is 0 Å². The van der Waals surface area contributed by atoms with Crippen molar-refractivity contribution in [3.05, 3.63) is 54.1 Å². The molecule has 2 aromatic carbocycles. The van der Waals surface area contributed by atoms with E-state index in [9.17, 15) is 13.2 Å². The lowest BCUT2D eigenvalue weighted by Crippen LogP contribution is -2.34. The van der Waals surface area contributed by atoms with Crippen LogP contribution in [0.3, 0.4) is 0 Å². The summed E-state index contributed by atoms with van der Waals surface area (Å²) in [5, 5.41) is 0. The third kappa shape index (κ3) is 4.89. The normalized spacial score (nSPS) is 16.6. The van der Waals surface area contributed by atoms with Gasteiger partial charge in [-0.05, 0) is 37.1 Å². The minimum Gasteiger partial charge on any atom is -0.497 e. The molecule has 7 nitrogen and oxygen atoms in total. The zero-order chi connectivity index (χ0) is 20.9. The quantitative estimate of drug-likeness (QED) is 0.713. The molecule has 1 saturated heterocycles. The van der Waals surface area contributed by atoms with Gasteiger partial charge in [-0.3, -0.25) is 4.79 Å². The number of carbonyl (C=O) groups excluding carboxylic acids is 1. The zero-order valence-corrected chi connectivity index (χ0v) is 17.4. The Morgan fingerprint density at radius 2 is 1.90 bits per heavy atom.